The SMILES string of the molecule is C.C.CCN(CC)CCCNS(=O)(=O)CS(=O)(=O)O. The first-order chi connectivity index (χ1) is 7.70. The van der Waals surface area contributed by atoms with Gasteiger partial charge in [0.2, 0.25) is 10.0 Å². The number of rotatable bonds is 9. The first-order valence-corrected chi connectivity index (χ1v) is 8.61. The Labute approximate surface area is 118 Å². The molecule has 0 radical (unpaired) electrons. The maximum Gasteiger partial charge on any atom is 0.280 e. The van der Waals surface area contributed by atoms with Crippen LogP contribution in [0, 0.1) is 0 Å². The first-order valence-electron chi connectivity index (χ1n) is 5.35. The second-order valence-electron chi connectivity index (χ2n) is 3.59. The first kappa shape index (κ1) is 23.8. The minimum absolute atomic E-state index is 0. The smallest absolute Gasteiger partial charge is 0.280 e. The molecule has 0 saturated carbocycles. The van der Waals surface area contributed by atoms with Crippen molar-refractivity contribution < 1.29 is 21.4 Å². The van der Waals surface area contributed by atoms with Gasteiger partial charge in [-0.3, -0.25) is 4.55 Å². The molecule has 0 bridgehead atoms. The van der Waals surface area contributed by atoms with Crippen LogP contribution in [-0.4, -0.2) is 57.6 Å². The summed E-state index contributed by atoms with van der Waals surface area (Å²) in [6, 6.07) is 0. The molecular weight excluding hydrogens is 292 g/mol. The molecule has 0 rings (SSSR count). The zero-order chi connectivity index (χ0) is 13.5. The van der Waals surface area contributed by atoms with E-state index in [2.05, 4.69) is 9.62 Å². The number of hydrogen-bond donors (Lipinski definition) is 2. The van der Waals surface area contributed by atoms with Crippen LogP contribution in [0.5, 0.6) is 0 Å². The summed E-state index contributed by atoms with van der Waals surface area (Å²) in [7, 11) is -8.46. The third-order valence-corrected chi connectivity index (χ3v) is 5.25. The van der Waals surface area contributed by atoms with E-state index in [9.17, 15) is 16.8 Å². The molecule has 0 atom stereocenters. The second kappa shape index (κ2) is 10.6. The van der Waals surface area contributed by atoms with Gasteiger partial charge in [-0.05, 0) is 26.1 Å². The van der Waals surface area contributed by atoms with Crippen molar-refractivity contribution in [2.24, 2.45) is 0 Å². The standard InChI is InChI=1S/C8H20N2O5S2.2CH4/c1-3-10(4-2)7-5-6-9-16(11,12)8-17(13,14)15;;/h9H,3-8H2,1-2H3,(H,13,14,15);2*1H4. The van der Waals surface area contributed by atoms with Gasteiger partial charge in [0.25, 0.3) is 10.1 Å². The van der Waals surface area contributed by atoms with Gasteiger partial charge in [-0.1, -0.05) is 28.7 Å². The molecular formula is C10H28N2O5S2. The van der Waals surface area contributed by atoms with Gasteiger partial charge in [0, 0.05) is 6.54 Å². The lowest BCUT2D eigenvalue weighted by Crippen LogP contribution is -2.33. The fourth-order valence-corrected chi connectivity index (χ4v) is 3.67. The van der Waals surface area contributed by atoms with Crippen molar-refractivity contribution in [3.8, 4) is 0 Å². The maximum atomic E-state index is 11.2. The third kappa shape index (κ3) is 14.0. The minimum atomic E-state index is -4.51. The van der Waals surface area contributed by atoms with E-state index < -0.39 is 25.2 Å². The molecule has 0 fully saturated rings. The molecule has 0 spiro atoms. The van der Waals surface area contributed by atoms with Gasteiger partial charge in [0.1, 0.15) is 0 Å². The molecule has 0 unspecified atom stereocenters. The molecule has 0 aromatic rings. The van der Waals surface area contributed by atoms with Gasteiger partial charge < -0.3 is 4.90 Å². The molecule has 0 aliphatic carbocycles. The molecule has 120 valence electrons. The lowest BCUT2D eigenvalue weighted by atomic mass is 10.4. The second-order valence-corrected chi connectivity index (χ2v) is 7.21. The summed E-state index contributed by atoms with van der Waals surface area (Å²) in [5, 5.41) is -1.29. The Morgan fingerprint density at radius 1 is 1.05 bits per heavy atom. The van der Waals surface area contributed by atoms with Crippen molar-refractivity contribution in [1.82, 2.24) is 9.62 Å². The summed E-state index contributed by atoms with van der Waals surface area (Å²) in [5.74, 6) is 0. The average molecular weight is 320 g/mol. The highest BCUT2D eigenvalue weighted by Crippen LogP contribution is 1.94. The van der Waals surface area contributed by atoms with Crippen molar-refractivity contribution >= 4 is 20.1 Å². The zero-order valence-corrected chi connectivity index (χ0v) is 11.7. The Morgan fingerprint density at radius 3 is 1.89 bits per heavy atom. The van der Waals surface area contributed by atoms with Gasteiger partial charge in [-0.25, -0.2) is 13.1 Å². The van der Waals surface area contributed by atoms with E-state index in [1.165, 1.54) is 0 Å². The largest absolute Gasteiger partial charge is 0.304 e. The van der Waals surface area contributed by atoms with E-state index in [0.29, 0.717) is 6.42 Å². The van der Waals surface area contributed by atoms with Crippen LogP contribution in [0.15, 0.2) is 0 Å². The number of nitrogens with one attached hydrogen (secondary N) is 1. The van der Waals surface area contributed by atoms with Gasteiger partial charge in [-0.2, -0.15) is 8.42 Å². The Balaban J connectivity index is -0.00000128. The summed E-state index contributed by atoms with van der Waals surface area (Å²) in [6.07, 6.45) is 0.590. The monoisotopic (exact) mass is 320 g/mol. The van der Waals surface area contributed by atoms with Gasteiger partial charge in [0.15, 0.2) is 5.08 Å². The Morgan fingerprint density at radius 2 is 1.53 bits per heavy atom. The molecule has 0 aliphatic rings. The van der Waals surface area contributed by atoms with Crippen molar-refractivity contribution in [1.29, 1.82) is 0 Å². The minimum Gasteiger partial charge on any atom is -0.304 e. The molecule has 0 aliphatic heterocycles. The Bertz CT molecular complexity index is 402. The highest BCUT2D eigenvalue weighted by atomic mass is 32.3. The molecule has 7 nitrogen and oxygen atoms in total. The van der Waals surface area contributed by atoms with Crippen LogP contribution in [0.4, 0.5) is 0 Å². The average Bonchev–Trinajstić information content (AvgIpc) is 2.14. The summed E-state index contributed by atoms with van der Waals surface area (Å²) >= 11 is 0. The molecule has 9 heteroatoms. The van der Waals surface area contributed by atoms with E-state index in [1.54, 1.807) is 0 Å². The van der Waals surface area contributed by atoms with E-state index >= 15 is 0 Å². The fourth-order valence-electron chi connectivity index (χ4n) is 1.31. The molecule has 0 saturated heterocycles. The predicted molar refractivity (Wildman–Crippen MR) is 79.2 cm³/mol. The van der Waals surface area contributed by atoms with Crippen LogP contribution >= 0.6 is 0 Å². The van der Waals surface area contributed by atoms with Crippen LogP contribution in [0.3, 0.4) is 0 Å². The van der Waals surface area contributed by atoms with Gasteiger partial charge >= 0.3 is 0 Å². The van der Waals surface area contributed by atoms with Crippen molar-refractivity contribution in [2.45, 2.75) is 35.1 Å². The molecule has 0 aromatic heterocycles. The maximum absolute atomic E-state index is 11.2. The van der Waals surface area contributed by atoms with Crippen molar-refractivity contribution in [3.63, 3.8) is 0 Å². The van der Waals surface area contributed by atoms with Crippen molar-refractivity contribution in [2.75, 3.05) is 31.3 Å². The van der Waals surface area contributed by atoms with E-state index in [-0.39, 0.29) is 21.4 Å². The third-order valence-electron chi connectivity index (χ3n) is 2.17. The lowest BCUT2D eigenvalue weighted by molar-refractivity contribution is 0.300. The molecule has 19 heavy (non-hydrogen) atoms. The summed E-state index contributed by atoms with van der Waals surface area (Å²) in [4.78, 5) is 2.12. The fraction of sp³-hybridized carbons (Fsp3) is 1.00. The summed E-state index contributed by atoms with van der Waals surface area (Å²) in [6.45, 7) is 6.68. The van der Waals surface area contributed by atoms with Crippen LogP contribution in [0.25, 0.3) is 0 Å². The van der Waals surface area contributed by atoms with Gasteiger partial charge in [0.05, 0.1) is 0 Å². The van der Waals surface area contributed by atoms with E-state index in [1.807, 2.05) is 13.8 Å². The highest BCUT2D eigenvalue weighted by Gasteiger charge is 2.18. The van der Waals surface area contributed by atoms with Crippen LogP contribution in [0.2, 0.25) is 0 Å². The van der Waals surface area contributed by atoms with Crippen molar-refractivity contribution in [3.05, 3.63) is 0 Å². The lowest BCUT2D eigenvalue weighted by Gasteiger charge is -2.17. The number of sulfonamides is 1. The number of hydrogen-bond acceptors (Lipinski definition) is 5. The highest BCUT2D eigenvalue weighted by molar-refractivity contribution is 8.04. The van der Waals surface area contributed by atoms with Crippen LogP contribution in [-0.2, 0) is 20.1 Å². The topological polar surface area (TPSA) is 104 Å². The number of nitrogens with zero attached hydrogens (tertiary/aromatic N) is 1. The van der Waals surface area contributed by atoms with Crippen LogP contribution < -0.4 is 4.72 Å². The van der Waals surface area contributed by atoms with E-state index in [0.717, 1.165) is 19.6 Å². The molecule has 2 N–H and O–H groups in total. The van der Waals surface area contributed by atoms with Crippen LogP contribution in [0.1, 0.15) is 35.1 Å². The summed E-state index contributed by atoms with van der Waals surface area (Å²) < 4.78 is 53.7. The summed E-state index contributed by atoms with van der Waals surface area (Å²) in [5.41, 5.74) is 0. The molecule has 0 heterocycles. The quantitative estimate of drug-likeness (QED) is 0.480. The molecule has 0 aromatic carbocycles. The Kier molecular flexibility index (Phi) is 13.2. The van der Waals surface area contributed by atoms with E-state index in [4.69, 9.17) is 4.55 Å². The predicted octanol–water partition coefficient (Wildman–Crippen LogP) is 0.755. The Hall–Kier alpha value is -0.220. The van der Waals surface area contributed by atoms with Gasteiger partial charge in [-0.15, -0.1) is 0 Å². The zero-order valence-electron chi connectivity index (χ0n) is 10.1. The normalized spacial score (nSPS) is 11.8. The molecule has 0 amide bonds.